The number of rotatable bonds is 8. The molecule has 0 spiro atoms. The van der Waals surface area contributed by atoms with Gasteiger partial charge in [-0.3, -0.25) is 0 Å². The van der Waals surface area contributed by atoms with E-state index in [0.717, 1.165) is 44.3 Å². The largest absolute Gasteiger partial charge is 0.487 e. The summed E-state index contributed by atoms with van der Waals surface area (Å²) in [5.41, 5.74) is 7.82. The lowest BCUT2D eigenvalue weighted by Gasteiger charge is -2.31. The van der Waals surface area contributed by atoms with Gasteiger partial charge in [0, 0.05) is 36.7 Å². The van der Waals surface area contributed by atoms with Crippen molar-refractivity contribution in [1.82, 2.24) is 15.0 Å². The fraction of sp³-hybridized carbons (Fsp3) is 0.346. The second kappa shape index (κ2) is 11.7. The maximum Gasteiger partial charge on any atom is 0.225 e. The molecule has 10 heteroatoms. The monoisotopic (exact) mass is 493 g/mol. The summed E-state index contributed by atoms with van der Waals surface area (Å²) in [4.78, 5) is 23.1. The molecule has 2 N–H and O–H groups in total. The molecule has 1 aliphatic rings. The number of piperidine rings is 1. The van der Waals surface area contributed by atoms with E-state index in [-0.39, 0.29) is 18.3 Å². The second-order valence-electron chi connectivity index (χ2n) is 8.60. The van der Waals surface area contributed by atoms with Crippen molar-refractivity contribution in [3.05, 3.63) is 59.6 Å². The molecule has 1 fully saturated rings. The summed E-state index contributed by atoms with van der Waals surface area (Å²) >= 11 is 0. The first-order chi connectivity index (χ1) is 17.5. The van der Waals surface area contributed by atoms with Crippen LogP contribution in [0.2, 0.25) is 0 Å². The van der Waals surface area contributed by atoms with Crippen molar-refractivity contribution in [2.75, 3.05) is 24.6 Å². The summed E-state index contributed by atoms with van der Waals surface area (Å²) in [6.07, 6.45) is 8.65. The Labute approximate surface area is 209 Å². The van der Waals surface area contributed by atoms with Crippen molar-refractivity contribution in [2.45, 2.75) is 33.1 Å². The van der Waals surface area contributed by atoms with Gasteiger partial charge in [-0.1, -0.05) is 6.92 Å². The molecule has 188 valence electrons. The van der Waals surface area contributed by atoms with Crippen LogP contribution in [0.4, 0.5) is 20.5 Å². The minimum atomic E-state index is -0.745. The van der Waals surface area contributed by atoms with Crippen molar-refractivity contribution < 1.29 is 13.5 Å². The summed E-state index contributed by atoms with van der Waals surface area (Å²) < 4.78 is 35.3. The van der Waals surface area contributed by atoms with Gasteiger partial charge >= 0.3 is 0 Å². The molecule has 36 heavy (non-hydrogen) atoms. The van der Waals surface area contributed by atoms with Gasteiger partial charge in [0.2, 0.25) is 5.95 Å². The topological polar surface area (TPSA) is 102 Å². The summed E-state index contributed by atoms with van der Waals surface area (Å²) in [7, 11) is 0. The molecule has 1 aliphatic heterocycles. The van der Waals surface area contributed by atoms with Gasteiger partial charge in [0.15, 0.2) is 23.2 Å². The quantitative estimate of drug-likeness (QED) is 0.363. The highest BCUT2D eigenvalue weighted by Crippen LogP contribution is 2.32. The Hall–Kier alpha value is -3.95. The number of ether oxygens (including phenoxy) is 1. The zero-order valence-electron chi connectivity index (χ0n) is 20.4. The molecule has 0 amide bonds. The van der Waals surface area contributed by atoms with Gasteiger partial charge in [0.25, 0.3) is 0 Å². The number of aromatic nitrogens is 3. The molecule has 0 atom stereocenters. The molecule has 0 unspecified atom stereocenters. The fourth-order valence-corrected chi connectivity index (χ4v) is 4.10. The number of nitrogens with two attached hydrogens (primary N) is 1. The highest BCUT2D eigenvalue weighted by molar-refractivity contribution is 5.72. The van der Waals surface area contributed by atoms with E-state index < -0.39 is 11.6 Å². The van der Waals surface area contributed by atoms with Crippen LogP contribution in [0.5, 0.6) is 5.75 Å². The second-order valence-corrected chi connectivity index (χ2v) is 8.60. The molecule has 0 radical (unpaired) electrons. The standard InChI is InChI=1S/C26H29F2N7O/c1-3-18-12-31-26(32-13-18)35-8-6-19(7-9-35)14-36-25-22(27)10-20(11-23(25)28)21-4-5-24(34-17(21)2)33-16-30-15-29/h4-5,10-13,15-16,19H,3,6-9,14H2,1-2H3,(H2,29,30,33,34). The maximum atomic E-state index is 14.9. The molecule has 3 aromatic rings. The lowest BCUT2D eigenvalue weighted by molar-refractivity contribution is 0.207. The Bertz CT molecular complexity index is 1220. The molecular formula is C26H29F2N7O. The molecule has 0 saturated carbocycles. The summed E-state index contributed by atoms with van der Waals surface area (Å²) in [5.74, 6) is -0.522. The first kappa shape index (κ1) is 25.2. The van der Waals surface area contributed by atoms with E-state index in [9.17, 15) is 8.78 Å². The normalized spacial score (nSPS) is 14.7. The number of benzene rings is 1. The number of anilines is 1. The van der Waals surface area contributed by atoms with E-state index >= 15 is 0 Å². The highest BCUT2D eigenvalue weighted by Gasteiger charge is 2.23. The number of aliphatic imine (C=N–C) groups is 2. The van der Waals surface area contributed by atoms with Gasteiger partial charge in [0.05, 0.1) is 12.9 Å². The predicted molar refractivity (Wildman–Crippen MR) is 137 cm³/mol. The third-order valence-corrected chi connectivity index (χ3v) is 6.18. The minimum Gasteiger partial charge on any atom is -0.487 e. The first-order valence-corrected chi connectivity index (χ1v) is 11.9. The average Bonchev–Trinajstić information content (AvgIpc) is 2.89. The zero-order valence-corrected chi connectivity index (χ0v) is 20.4. The molecule has 3 heterocycles. The molecule has 0 bridgehead atoms. The van der Waals surface area contributed by atoms with E-state index in [1.165, 1.54) is 18.5 Å². The summed E-state index contributed by atoms with van der Waals surface area (Å²) in [6, 6.07) is 5.89. The van der Waals surface area contributed by atoms with Crippen molar-refractivity contribution in [1.29, 1.82) is 0 Å². The van der Waals surface area contributed by atoms with Crippen LogP contribution in [0.15, 0.2) is 46.6 Å². The van der Waals surface area contributed by atoms with E-state index in [4.69, 9.17) is 10.5 Å². The molecule has 0 aliphatic carbocycles. The smallest absolute Gasteiger partial charge is 0.225 e. The number of hydrogen-bond donors (Lipinski definition) is 1. The maximum absolute atomic E-state index is 14.9. The SMILES string of the molecule is CCc1cnc(N2CCC(COc3c(F)cc(-c4ccc(N=CN=CN)nc4C)cc3F)CC2)nc1. The van der Waals surface area contributed by atoms with E-state index in [0.29, 0.717) is 28.6 Å². The van der Waals surface area contributed by atoms with E-state index in [1.54, 1.807) is 19.1 Å². The van der Waals surface area contributed by atoms with Gasteiger partial charge < -0.3 is 15.4 Å². The van der Waals surface area contributed by atoms with Crippen molar-refractivity contribution in [3.63, 3.8) is 0 Å². The number of pyridine rings is 1. The number of halogens is 2. The molecule has 1 saturated heterocycles. The third-order valence-electron chi connectivity index (χ3n) is 6.18. The Morgan fingerprint density at radius 3 is 2.44 bits per heavy atom. The third kappa shape index (κ3) is 5.99. The molecule has 4 rings (SSSR count). The van der Waals surface area contributed by atoms with Crippen LogP contribution in [-0.2, 0) is 6.42 Å². The van der Waals surface area contributed by atoms with Crippen LogP contribution < -0.4 is 15.4 Å². The van der Waals surface area contributed by atoms with Crippen LogP contribution in [0.25, 0.3) is 11.1 Å². The van der Waals surface area contributed by atoms with Gasteiger partial charge in [0.1, 0.15) is 6.34 Å². The molecular weight excluding hydrogens is 464 g/mol. The molecule has 1 aromatic carbocycles. The zero-order chi connectivity index (χ0) is 25.5. The average molecular weight is 494 g/mol. The first-order valence-electron chi connectivity index (χ1n) is 11.9. The van der Waals surface area contributed by atoms with E-state index in [1.807, 2.05) is 12.4 Å². The fourth-order valence-electron chi connectivity index (χ4n) is 4.10. The number of aryl methyl sites for hydroxylation is 2. The predicted octanol–water partition coefficient (Wildman–Crippen LogP) is 4.63. The lowest BCUT2D eigenvalue weighted by Crippen LogP contribution is -2.36. The van der Waals surface area contributed by atoms with Crippen LogP contribution >= 0.6 is 0 Å². The van der Waals surface area contributed by atoms with Crippen molar-refractivity contribution in [3.8, 4) is 16.9 Å². The van der Waals surface area contributed by atoms with Crippen LogP contribution in [0.3, 0.4) is 0 Å². The Balaban J connectivity index is 1.37. The van der Waals surface area contributed by atoms with Crippen LogP contribution in [0.1, 0.15) is 31.0 Å². The van der Waals surface area contributed by atoms with Gasteiger partial charge in [-0.05, 0) is 67.5 Å². The number of nitrogens with zero attached hydrogens (tertiary/aromatic N) is 6. The molecule has 8 nitrogen and oxygen atoms in total. The Kier molecular flexibility index (Phi) is 8.14. The minimum absolute atomic E-state index is 0.192. The summed E-state index contributed by atoms with van der Waals surface area (Å²) in [5, 5.41) is 0. The van der Waals surface area contributed by atoms with Gasteiger partial charge in [-0.2, -0.15) is 0 Å². The van der Waals surface area contributed by atoms with Crippen LogP contribution in [0, 0.1) is 24.5 Å². The van der Waals surface area contributed by atoms with Gasteiger partial charge in [-0.25, -0.2) is 33.7 Å². The molecule has 2 aromatic heterocycles. The Morgan fingerprint density at radius 2 is 1.83 bits per heavy atom. The van der Waals surface area contributed by atoms with E-state index in [2.05, 4.69) is 36.8 Å². The van der Waals surface area contributed by atoms with Crippen molar-refractivity contribution >= 4 is 24.4 Å². The summed E-state index contributed by atoms with van der Waals surface area (Å²) in [6.45, 7) is 5.60. The van der Waals surface area contributed by atoms with Crippen LogP contribution in [-0.4, -0.2) is 47.3 Å². The lowest BCUT2D eigenvalue weighted by atomic mass is 9.98. The highest BCUT2D eigenvalue weighted by atomic mass is 19.1. The van der Waals surface area contributed by atoms with Crippen molar-refractivity contribution in [2.24, 2.45) is 21.6 Å². The Morgan fingerprint density at radius 1 is 1.14 bits per heavy atom. The van der Waals surface area contributed by atoms with Gasteiger partial charge in [-0.15, -0.1) is 0 Å². The number of hydrogen-bond acceptors (Lipinski definition) is 6.